The molecule has 0 saturated carbocycles. The van der Waals surface area contributed by atoms with E-state index in [2.05, 4.69) is 24.1 Å². The van der Waals surface area contributed by atoms with E-state index in [0.717, 1.165) is 25.0 Å². The Morgan fingerprint density at radius 3 is 3.03 bits per heavy atom. The maximum Gasteiger partial charge on any atom is 0.330 e. The van der Waals surface area contributed by atoms with E-state index >= 15 is 0 Å². The molecule has 1 fully saturated rings. The molecule has 176 valence electrons. The zero-order chi connectivity index (χ0) is 24.5. The minimum Gasteiger partial charge on any atom is -0.349 e. The number of aryl methyl sites for hydroxylation is 1. The number of nitrogens with one attached hydrogen (secondary N) is 2. The lowest BCUT2D eigenvalue weighted by Gasteiger charge is -2.24. The summed E-state index contributed by atoms with van der Waals surface area (Å²) in [5.41, 5.74) is -0.345. The molecule has 1 aliphatic heterocycles. The molecule has 5 atom stereocenters. The predicted molar refractivity (Wildman–Crippen MR) is 128 cm³/mol. The van der Waals surface area contributed by atoms with E-state index in [4.69, 9.17) is 20.6 Å². The Hall–Kier alpha value is -0.675. The third-order valence-corrected chi connectivity index (χ3v) is 6.40. The first-order valence-electron chi connectivity index (χ1n) is 11.6. The molecule has 0 aliphatic carbocycles. The van der Waals surface area contributed by atoms with Gasteiger partial charge < -0.3 is 23.3 Å². The van der Waals surface area contributed by atoms with Crippen molar-refractivity contribution in [3.8, 4) is 0 Å². The number of rotatable bonds is 14. The predicted octanol–water partition coefficient (Wildman–Crippen LogP) is 1.51. The lowest BCUT2D eigenvalue weighted by molar-refractivity contribution is -0.0348. The van der Waals surface area contributed by atoms with Crippen LogP contribution in [-0.4, -0.2) is 69.8 Å². The van der Waals surface area contributed by atoms with E-state index in [9.17, 15) is 9.59 Å². The summed E-state index contributed by atoms with van der Waals surface area (Å²) >= 11 is 1.04. The Morgan fingerprint density at radius 1 is 1.55 bits per heavy atom. The van der Waals surface area contributed by atoms with Gasteiger partial charge in [0, 0.05) is 30.9 Å². The van der Waals surface area contributed by atoms with E-state index in [1.165, 1.54) is 10.8 Å². The summed E-state index contributed by atoms with van der Waals surface area (Å²) < 4.78 is 39.7. The van der Waals surface area contributed by atoms with E-state index in [-0.39, 0.29) is 24.5 Å². The van der Waals surface area contributed by atoms with Gasteiger partial charge in [-0.2, -0.15) is 0 Å². The van der Waals surface area contributed by atoms with E-state index in [1.807, 2.05) is 13.6 Å². The van der Waals surface area contributed by atoms with E-state index < -0.39 is 39.7 Å². The molecule has 0 amide bonds. The molecule has 0 aromatic carbocycles. The van der Waals surface area contributed by atoms with Crippen molar-refractivity contribution in [3.63, 3.8) is 0 Å². The zero-order valence-corrected chi connectivity index (χ0v) is 20.5. The van der Waals surface area contributed by atoms with Crippen molar-refractivity contribution in [3.05, 3.63) is 32.6 Å². The van der Waals surface area contributed by atoms with E-state index in [1.54, 1.807) is 6.92 Å². The third kappa shape index (κ3) is 8.65. The molecule has 12 heteroatoms. The Bertz CT molecular complexity index is 848. The van der Waals surface area contributed by atoms with Gasteiger partial charge in [0.15, 0.2) is 8.38 Å². The Kier molecular flexibility index (Phi) is 9.95. The highest BCUT2D eigenvalue weighted by Crippen LogP contribution is 2.43. The molecular weight excluding hydrogens is 440 g/mol. The van der Waals surface area contributed by atoms with Gasteiger partial charge in [-0.1, -0.05) is 13.8 Å². The molecule has 9 nitrogen and oxygen atoms in total. The number of hydrogen-bond donors (Lipinski definition) is 2. The molecule has 0 bridgehead atoms. The van der Waals surface area contributed by atoms with Crippen LogP contribution in [0.15, 0.2) is 15.8 Å². The van der Waals surface area contributed by atoms with Gasteiger partial charge in [-0.25, -0.2) is 4.79 Å². The average Bonchev–Trinajstić information content (AvgIpc) is 3.09. The van der Waals surface area contributed by atoms with Crippen LogP contribution in [0.2, 0.25) is 0 Å². The van der Waals surface area contributed by atoms with E-state index in [0.29, 0.717) is 18.0 Å². The summed E-state index contributed by atoms with van der Waals surface area (Å²) in [6.07, 6.45) is 1.29. The molecule has 0 radical (unpaired) electrons. The van der Waals surface area contributed by atoms with Crippen LogP contribution in [0, 0.1) is 6.92 Å². The van der Waals surface area contributed by atoms with Crippen LogP contribution in [0.1, 0.15) is 45.4 Å². The first-order chi connectivity index (χ1) is 15.6. The standard InChI is InChI=1S/C19H35BN3O6PS/c1-12(2)21-7-6-14(4)28-30(5)29-15-8-17(27-16(15)10-26-31-11-20)23-9-13(3)18(24)22-19(23)25/h9,12,14-17,21H,6-8,10-11,20H2,1-5H3,(H,22,24,25)/t14?,15?,16?,17?,30-/m1/s1/i20TD. The number of H-pyrrole nitrogens is 1. The monoisotopic (exact) mass is 478 g/mol. The van der Waals surface area contributed by atoms with Crippen molar-refractivity contribution in [2.45, 2.75) is 71.1 Å². The van der Waals surface area contributed by atoms with Crippen molar-refractivity contribution in [1.29, 1.82) is 2.67 Å². The summed E-state index contributed by atoms with van der Waals surface area (Å²) in [5.74, 6) is 0. The normalized spacial score (nSPS) is 24.1. The Balaban J connectivity index is 2.01. The number of aromatic amines is 1. The SMILES string of the molecule is [2H]B([3H])CSOCC1OC(n2cc(C)c(=O)[nH]c2=O)CC1O[P@](C)OC(C)CCNC(C)C. The van der Waals surface area contributed by atoms with Crippen molar-refractivity contribution < 1.29 is 18.0 Å². The molecule has 1 aromatic rings. The second-order valence-corrected chi connectivity index (χ2v) is 9.92. The summed E-state index contributed by atoms with van der Waals surface area (Å²) in [4.78, 5) is 26.3. The van der Waals surface area contributed by atoms with Crippen LogP contribution in [0.25, 0.3) is 0 Å². The molecule has 2 rings (SSSR count). The lowest BCUT2D eigenvalue weighted by atomic mass is 10.2. The quantitative estimate of drug-likeness (QED) is 0.180. The molecule has 31 heavy (non-hydrogen) atoms. The molecular formula is C19H35BN3O6PS. The first-order valence-corrected chi connectivity index (χ1v) is 13.0. The molecule has 2 heterocycles. The highest BCUT2D eigenvalue weighted by Gasteiger charge is 2.39. The maximum absolute atomic E-state index is 12.3. The first kappa shape index (κ1) is 23.5. The van der Waals surface area contributed by atoms with Crippen LogP contribution in [0.5, 0.6) is 0 Å². The van der Waals surface area contributed by atoms with Gasteiger partial charge in [0.25, 0.3) is 5.56 Å². The van der Waals surface area contributed by atoms with Crippen molar-refractivity contribution >= 4 is 28.2 Å². The third-order valence-electron chi connectivity index (χ3n) is 4.74. The molecule has 0 spiro atoms. The Morgan fingerprint density at radius 2 is 2.32 bits per heavy atom. The Labute approximate surface area is 193 Å². The fourth-order valence-corrected chi connectivity index (χ4v) is 4.78. The van der Waals surface area contributed by atoms with Crippen LogP contribution in [-0.2, 0) is 18.0 Å². The highest BCUT2D eigenvalue weighted by atomic mass is 32.2. The van der Waals surface area contributed by atoms with Gasteiger partial charge in [0.05, 0.1) is 18.8 Å². The second-order valence-electron chi connectivity index (χ2n) is 7.81. The van der Waals surface area contributed by atoms with Crippen molar-refractivity contribution in [2.24, 2.45) is 0 Å². The molecule has 4 unspecified atom stereocenters. The minimum atomic E-state index is -1.20. The minimum absolute atomic E-state index is 0.0197. The molecule has 1 aliphatic rings. The second kappa shape index (κ2) is 13.1. The topological polar surface area (TPSA) is 104 Å². The highest BCUT2D eigenvalue weighted by molar-refractivity contribution is 7.95. The summed E-state index contributed by atoms with van der Waals surface area (Å²) in [5, 5.41) is 3.37. The number of hydrogen-bond acceptors (Lipinski definition) is 8. The summed E-state index contributed by atoms with van der Waals surface area (Å²) in [6.45, 7) is 10.8. The largest absolute Gasteiger partial charge is 0.349 e. The number of nitrogens with zero attached hydrogens (tertiary/aromatic N) is 1. The summed E-state index contributed by atoms with van der Waals surface area (Å²) in [7, 11) is -2.18. The van der Waals surface area contributed by atoms with Gasteiger partial charge in [-0.3, -0.25) is 14.3 Å². The smallest absolute Gasteiger partial charge is 0.330 e. The zero-order valence-electron chi connectivity index (χ0n) is 20.8. The molecule has 2 N–H and O–H groups in total. The van der Waals surface area contributed by atoms with Crippen LogP contribution >= 0.6 is 20.4 Å². The van der Waals surface area contributed by atoms with Crippen LogP contribution in [0.3, 0.4) is 0 Å². The lowest BCUT2D eigenvalue weighted by Crippen LogP contribution is -2.33. The van der Waals surface area contributed by atoms with Crippen molar-refractivity contribution in [2.75, 3.05) is 25.5 Å². The maximum atomic E-state index is 12.3. The summed E-state index contributed by atoms with van der Waals surface area (Å²) in [6, 6.07) is 0.420. The van der Waals surface area contributed by atoms with Gasteiger partial charge >= 0.3 is 5.69 Å². The fraction of sp³-hybridized carbons (Fsp3) is 0.789. The molecule has 1 aromatic heterocycles. The van der Waals surface area contributed by atoms with Crippen LogP contribution in [0.4, 0.5) is 0 Å². The van der Waals surface area contributed by atoms with Gasteiger partial charge in [-0.05, 0) is 47.2 Å². The average molecular weight is 478 g/mol. The number of aromatic nitrogens is 2. The van der Waals surface area contributed by atoms with Gasteiger partial charge in [0.2, 0.25) is 0 Å². The van der Waals surface area contributed by atoms with Gasteiger partial charge in [-0.15, -0.1) is 0 Å². The van der Waals surface area contributed by atoms with Gasteiger partial charge in [0.1, 0.15) is 20.1 Å². The van der Waals surface area contributed by atoms with Crippen LogP contribution < -0.4 is 16.6 Å². The fourth-order valence-electron chi connectivity index (χ4n) is 3.19. The van der Waals surface area contributed by atoms with Crippen molar-refractivity contribution in [1.82, 2.24) is 14.9 Å². The number of ether oxygens (including phenoxy) is 1. The molecule has 1 saturated heterocycles.